The van der Waals surface area contributed by atoms with Gasteiger partial charge < -0.3 is 14.2 Å². The molecule has 1 atom stereocenters. The van der Waals surface area contributed by atoms with E-state index in [0.29, 0.717) is 19.3 Å². The van der Waals surface area contributed by atoms with Crippen molar-refractivity contribution in [1.29, 1.82) is 0 Å². The highest BCUT2D eigenvalue weighted by molar-refractivity contribution is 5.71. The van der Waals surface area contributed by atoms with Gasteiger partial charge in [0.2, 0.25) is 0 Å². The Balaban J connectivity index is 4.14. The normalized spacial score (nSPS) is 12.5. The Labute approximate surface area is 503 Å². The molecule has 0 spiro atoms. The molecule has 0 radical (unpaired) electrons. The summed E-state index contributed by atoms with van der Waals surface area (Å²) in [6, 6.07) is 0. The standard InChI is InChI=1S/C75H134O6/c1-4-7-10-13-16-19-22-24-26-28-30-32-34-35-36-37-38-39-40-42-43-45-47-49-51-53-56-59-62-65-68-74(77)80-71-72(70-79-73(76)67-64-61-58-55-21-18-15-12-9-6-3)81-75(78)69-66-63-60-57-54-52-50-48-46-44-41-33-31-29-27-25-23-20-17-14-11-8-5-2/h8,11-12,15,17,20,25,27,31,33,44,46,72H,4-7,9-10,13-14,16,18-19,21-24,26,28-30,32,34-43,45,47-71H2,1-3H3/b11-8-,15-12-,20-17-,27-25-,33-31-,46-44-. The van der Waals surface area contributed by atoms with Crippen LogP contribution in [0.4, 0.5) is 0 Å². The zero-order valence-electron chi connectivity index (χ0n) is 54.1. The number of unbranched alkanes of at least 4 members (excludes halogenated alkanes) is 42. The molecule has 0 aromatic carbocycles. The molecule has 0 bridgehead atoms. The van der Waals surface area contributed by atoms with E-state index in [2.05, 4.69) is 93.7 Å². The Morgan fingerprint density at radius 2 is 0.506 bits per heavy atom. The van der Waals surface area contributed by atoms with Crippen molar-refractivity contribution >= 4 is 17.9 Å². The molecule has 0 amide bonds. The highest BCUT2D eigenvalue weighted by Crippen LogP contribution is 2.18. The monoisotopic (exact) mass is 1130 g/mol. The number of ether oxygens (including phenoxy) is 3. The molecular formula is C75H134O6. The van der Waals surface area contributed by atoms with Crippen LogP contribution in [0.3, 0.4) is 0 Å². The van der Waals surface area contributed by atoms with Crippen LogP contribution in [0.25, 0.3) is 0 Å². The Morgan fingerprint density at radius 1 is 0.259 bits per heavy atom. The molecule has 1 unspecified atom stereocenters. The summed E-state index contributed by atoms with van der Waals surface area (Å²) in [5.74, 6) is -0.884. The SMILES string of the molecule is CC/C=C\C/C=C\C/C=C\C/C=C\C/C=C\CCCCCCCCCC(=O)OC(COC(=O)CCCCCCC/C=C\CCC)COC(=O)CCCCCCCCCCCCCCCCCCCCCCCCCCCCCCCC. The molecule has 0 aromatic heterocycles. The maximum absolute atomic E-state index is 12.9. The molecule has 0 saturated heterocycles. The minimum Gasteiger partial charge on any atom is -0.462 e. The first kappa shape index (κ1) is 77.9. The van der Waals surface area contributed by atoms with Gasteiger partial charge in [0, 0.05) is 19.3 Å². The van der Waals surface area contributed by atoms with Gasteiger partial charge in [-0.05, 0) is 83.5 Å². The maximum atomic E-state index is 12.9. The van der Waals surface area contributed by atoms with Gasteiger partial charge in [-0.2, -0.15) is 0 Å². The number of carbonyl (C=O) groups excluding carboxylic acids is 3. The zero-order valence-corrected chi connectivity index (χ0v) is 54.1. The smallest absolute Gasteiger partial charge is 0.306 e. The highest BCUT2D eigenvalue weighted by atomic mass is 16.6. The molecule has 0 rings (SSSR count). The molecule has 6 heteroatoms. The lowest BCUT2D eigenvalue weighted by atomic mass is 10.0. The molecular weight excluding hydrogens is 997 g/mol. The van der Waals surface area contributed by atoms with Gasteiger partial charge >= 0.3 is 17.9 Å². The molecule has 0 heterocycles. The van der Waals surface area contributed by atoms with Crippen molar-refractivity contribution in [3.8, 4) is 0 Å². The minimum atomic E-state index is -0.785. The molecule has 81 heavy (non-hydrogen) atoms. The second-order valence-corrected chi connectivity index (χ2v) is 23.8. The third-order valence-corrected chi connectivity index (χ3v) is 15.7. The summed E-state index contributed by atoms with van der Waals surface area (Å²) in [4.78, 5) is 38.3. The summed E-state index contributed by atoms with van der Waals surface area (Å²) in [6.07, 6.45) is 91.0. The summed E-state index contributed by atoms with van der Waals surface area (Å²) in [7, 11) is 0. The third kappa shape index (κ3) is 67.5. The number of esters is 3. The van der Waals surface area contributed by atoms with E-state index < -0.39 is 6.10 Å². The number of rotatable bonds is 65. The second-order valence-electron chi connectivity index (χ2n) is 23.8. The first-order chi connectivity index (χ1) is 40.0. The van der Waals surface area contributed by atoms with Crippen molar-refractivity contribution in [3.63, 3.8) is 0 Å². The lowest BCUT2D eigenvalue weighted by Crippen LogP contribution is -2.30. The van der Waals surface area contributed by atoms with E-state index in [1.165, 1.54) is 218 Å². The average molecular weight is 1130 g/mol. The number of allylic oxidation sites excluding steroid dienone is 12. The van der Waals surface area contributed by atoms with Crippen molar-refractivity contribution in [3.05, 3.63) is 72.9 Å². The Kier molecular flexibility index (Phi) is 66.6. The van der Waals surface area contributed by atoms with Crippen molar-refractivity contribution in [2.75, 3.05) is 13.2 Å². The minimum absolute atomic E-state index is 0.0796. The van der Waals surface area contributed by atoms with E-state index in [-0.39, 0.29) is 31.1 Å². The first-order valence-electron chi connectivity index (χ1n) is 35.4. The predicted molar refractivity (Wildman–Crippen MR) is 353 cm³/mol. The van der Waals surface area contributed by atoms with Gasteiger partial charge in [-0.1, -0.05) is 338 Å². The molecule has 0 aliphatic carbocycles. The molecule has 470 valence electrons. The van der Waals surface area contributed by atoms with E-state index in [4.69, 9.17) is 14.2 Å². The zero-order chi connectivity index (χ0) is 58.5. The third-order valence-electron chi connectivity index (χ3n) is 15.7. The van der Waals surface area contributed by atoms with Crippen molar-refractivity contribution in [1.82, 2.24) is 0 Å². The van der Waals surface area contributed by atoms with Crippen LogP contribution in [0.5, 0.6) is 0 Å². The fourth-order valence-electron chi connectivity index (χ4n) is 10.4. The summed E-state index contributed by atoms with van der Waals surface area (Å²) < 4.78 is 16.9. The van der Waals surface area contributed by atoms with Crippen LogP contribution < -0.4 is 0 Å². The van der Waals surface area contributed by atoms with Gasteiger partial charge in [0.1, 0.15) is 13.2 Å². The Bertz CT molecular complexity index is 1490. The van der Waals surface area contributed by atoms with Gasteiger partial charge in [0.05, 0.1) is 0 Å². The highest BCUT2D eigenvalue weighted by Gasteiger charge is 2.19. The van der Waals surface area contributed by atoms with Gasteiger partial charge in [-0.15, -0.1) is 0 Å². The van der Waals surface area contributed by atoms with E-state index in [0.717, 1.165) is 109 Å². The molecule has 0 aliphatic rings. The molecule has 0 saturated carbocycles. The topological polar surface area (TPSA) is 78.9 Å². The van der Waals surface area contributed by atoms with Crippen LogP contribution in [-0.4, -0.2) is 37.2 Å². The number of hydrogen-bond donors (Lipinski definition) is 0. The summed E-state index contributed by atoms with van der Waals surface area (Å²) in [6.45, 7) is 6.50. The van der Waals surface area contributed by atoms with Crippen molar-refractivity contribution in [2.45, 2.75) is 374 Å². The maximum Gasteiger partial charge on any atom is 0.306 e. The van der Waals surface area contributed by atoms with Crippen LogP contribution in [0.2, 0.25) is 0 Å². The van der Waals surface area contributed by atoms with Crippen molar-refractivity contribution in [2.24, 2.45) is 0 Å². The lowest BCUT2D eigenvalue weighted by molar-refractivity contribution is -0.167. The molecule has 0 fully saturated rings. The van der Waals surface area contributed by atoms with Crippen LogP contribution in [0, 0.1) is 0 Å². The second kappa shape index (κ2) is 69.3. The summed E-state index contributed by atoms with van der Waals surface area (Å²) >= 11 is 0. The van der Waals surface area contributed by atoms with Gasteiger partial charge in [0.15, 0.2) is 6.10 Å². The van der Waals surface area contributed by atoms with Crippen LogP contribution in [0.15, 0.2) is 72.9 Å². The van der Waals surface area contributed by atoms with Gasteiger partial charge in [-0.3, -0.25) is 14.4 Å². The first-order valence-corrected chi connectivity index (χ1v) is 35.4. The average Bonchev–Trinajstić information content (AvgIpc) is 3.47. The quantitative estimate of drug-likeness (QED) is 0.0261. The molecule has 0 N–H and O–H groups in total. The fraction of sp³-hybridized carbons (Fsp3) is 0.800. The van der Waals surface area contributed by atoms with Gasteiger partial charge in [0.25, 0.3) is 0 Å². The largest absolute Gasteiger partial charge is 0.462 e. The Morgan fingerprint density at radius 3 is 0.815 bits per heavy atom. The van der Waals surface area contributed by atoms with Gasteiger partial charge in [-0.25, -0.2) is 0 Å². The Hall–Kier alpha value is -3.15. The molecule has 0 aliphatic heterocycles. The van der Waals surface area contributed by atoms with Crippen LogP contribution >= 0.6 is 0 Å². The summed E-state index contributed by atoms with van der Waals surface area (Å²) in [5.41, 5.74) is 0. The molecule has 6 nitrogen and oxygen atoms in total. The fourth-order valence-corrected chi connectivity index (χ4v) is 10.4. The number of carbonyl (C=O) groups is 3. The van der Waals surface area contributed by atoms with E-state index in [9.17, 15) is 14.4 Å². The van der Waals surface area contributed by atoms with Crippen molar-refractivity contribution < 1.29 is 28.6 Å². The predicted octanol–water partition coefficient (Wildman–Crippen LogP) is 24.4. The molecule has 0 aromatic rings. The van der Waals surface area contributed by atoms with Crippen LogP contribution in [-0.2, 0) is 28.6 Å². The summed E-state index contributed by atoms with van der Waals surface area (Å²) in [5, 5.41) is 0. The van der Waals surface area contributed by atoms with E-state index in [1.807, 2.05) is 0 Å². The lowest BCUT2D eigenvalue weighted by Gasteiger charge is -2.18. The van der Waals surface area contributed by atoms with E-state index in [1.54, 1.807) is 0 Å². The number of hydrogen-bond acceptors (Lipinski definition) is 6. The van der Waals surface area contributed by atoms with Crippen LogP contribution in [0.1, 0.15) is 367 Å². The van der Waals surface area contributed by atoms with E-state index >= 15 is 0 Å².